The van der Waals surface area contributed by atoms with Crippen LogP contribution in [0.15, 0.2) is 60.8 Å². The van der Waals surface area contributed by atoms with E-state index >= 15 is 0 Å². The first-order valence-electron chi connectivity index (χ1n) is 33.0. The minimum atomic E-state index is -1.98. The molecule has 0 aromatic carbocycles. The molecule has 85 heavy (non-hydrogen) atoms. The van der Waals surface area contributed by atoms with Crippen LogP contribution in [0.3, 0.4) is 0 Å². The fraction of sp³-hybridized carbons (Fsp3) is 0.833. The van der Waals surface area contributed by atoms with E-state index in [1.54, 1.807) is 6.08 Å². The van der Waals surface area contributed by atoms with Crippen molar-refractivity contribution in [3.63, 3.8) is 0 Å². The Morgan fingerprint density at radius 2 is 0.812 bits per heavy atom. The van der Waals surface area contributed by atoms with Crippen molar-refractivity contribution >= 4 is 5.91 Å². The summed E-state index contributed by atoms with van der Waals surface area (Å²) >= 11 is 0. The zero-order chi connectivity index (χ0) is 61.9. The highest BCUT2D eigenvalue weighted by molar-refractivity contribution is 5.76. The van der Waals surface area contributed by atoms with Crippen LogP contribution in [-0.2, 0) is 33.2 Å². The number of unbranched alkanes of at least 4 members (excludes halogenated alkanes) is 25. The Bertz CT molecular complexity index is 1780. The van der Waals surface area contributed by atoms with Gasteiger partial charge in [0.05, 0.1) is 38.6 Å². The van der Waals surface area contributed by atoms with Crippen LogP contribution in [0.1, 0.15) is 219 Å². The molecule has 0 spiro atoms. The van der Waals surface area contributed by atoms with Crippen molar-refractivity contribution in [3.8, 4) is 0 Å². The van der Waals surface area contributed by atoms with Crippen LogP contribution < -0.4 is 5.32 Å². The highest BCUT2D eigenvalue weighted by Crippen LogP contribution is 2.33. The summed E-state index contributed by atoms with van der Waals surface area (Å²) in [5.41, 5.74) is 0. The van der Waals surface area contributed by atoms with Crippen LogP contribution in [0.4, 0.5) is 0 Å². The van der Waals surface area contributed by atoms with Gasteiger partial charge in [-0.3, -0.25) is 4.79 Å². The summed E-state index contributed by atoms with van der Waals surface area (Å²) in [6.45, 7) is 1.61. The molecule has 0 radical (unpaired) electrons. The first kappa shape index (κ1) is 76.7. The van der Waals surface area contributed by atoms with Gasteiger partial charge in [-0.25, -0.2) is 0 Å². The standard InChI is InChI=1S/C66H117NO18/c1-3-5-7-9-11-13-15-17-19-21-23-24-26-27-29-31-33-35-37-39-41-43-50(71)49(67-54(72)44-42-40-38-36-34-32-30-28-25-22-20-18-16-14-12-10-8-6-4-2)48-80-64-60(78)57(75)62(52(46-69)82-64)85-66-61(79)58(76)63(53(47-70)83-66)84-65-59(77)56(74)55(73)51(45-68)81-65/h6,8,12,14,18,20,25,28,41,43,49-53,55-66,68-71,73-79H,3-5,7,9-11,13,15-17,19,21-24,26-27,29-40,42,44-48H2,1-2H3,(H,67,72)/b8-6-,14-12-,20-18-,28-25-,43-41+. The van der Waals surface area contributed by atoms with Gasteiger partial charge in [0, 0.05) is 6.42 Å². The molecule has 3 saturated heterocycles. The summed E-state index contributed by atoms with van der Waals surface area (Å²) < 4.78 is 34.3. The maximum atomic E-state index is 13.4. The molecule has 494 valence electrons. The van der Waals surface area contributed by atoms with Crippen LogP contribution in [0, 0.1) is 0 Å². The molecule has 17 atom stereocenters. The first-order chi connectivity index (χ1) is 41.3. The van der Waals surface area contributed by atoms with Crippen LogP contribution >= 0.6 is 0 Å². The SMILES string of the molecule is CC/C=C\C/C=C\C/C=C\C/C=C\CCCCCCCCC(=O)NC(COC1OC(CO)C(OC2OC(CO)C(OC3OC(CO)C(O)C(O)C3O)C(O)C2O)C(O)C1O)C(O)/C=C/CCCCCCCCCCCCCCCCCCCCC. The van der Waals surface area contributed by atoms with Crippen molar-refractivity contribution in [2.75, 3.05) is 26.4 Å². The van der Waals surface area contributed by atoms with Crippen molar-refractivity contribution in [1.82, 2.24) is 5.32 Å². The maximum Gasteiger partial charge on any atom is 0.220 e. The number of carbonyl (C=O) groups excluding carboxylic acids is 1. The molecule has 0 aromatic heterocycles. The van der Waals surface area contributed by atoms with Crippen LogP contribution in [0.2, 0.25) is 0 Å². The Hall–Kier alpha value is -2.51. The molecule has 19 nitrogen and oxygen atoms in total. The Kier molecular flexibility index (Phi) is 43.7. The Balaban J connectivity index is 1.48. The Labute approximate surface area is 509 Å². The zero-order valence-electron chi connectivity index (χ0n) is 51.8. The lowest BCUT2D eigenvalue weighted by Crippen LogP contribution is -2.66. The highest BCUT2D eigenvalue weighted by atomic mass is 16.8. The fourth-order valence-corrected chi connectivity index (χ4v) is 10.9. The van der Waals surface area contributed by atoms with Gasteiger partial charge < -0.3 is 89.9 Å². The first-order valence-corrected chi connectivity index (χ1v) is 33.0. The molecule has 3 fully saturated rings. The van der Waals surface area contributed by atoms with E-state index in [9.17, 15) is 61.0 Å². The van der Waals surface area contributed by atoms with Gasteiger partial charge >= 0.3 is 0 Å². The van der Waals surface area contributed by atoms with Gasteiger partial charge in [-0.2, -0.15) is 0 Å². The number of amides is 1. The number of hydrogen-bond donors (Lipinski definition) is 12. The van der Waals surface area contributed by atoms with E-state index < -0.39 is 124 Å². The van der Waals surface area contributed by atoms with Gasteiger partial charge in [0.15, 0.2) is 18.9 Å². The van der Waals surface area contributed by atoms with Crippen LogP contribution in [0.25, 0.3) is 0 Å². The van der Waals surface area contributed by atoms with Crippen molar-refractivity contribution in [2.45, 2.75) is 324 Å². The second kappa shape index (κ2) is 48.4. The molecule has 3 rings (SSSR count). The Morgan fingerprint density at radius 1 is 0.435 bits per heavy atom. The summed E-state index contributed by atoms with van der Waals surface area (Å²) in [6, 6.07) is -0.984. The average Bonchev–Trinajstić information content (AvgIpc) is 3.10. The summed E-state index contributed by atoms with van der Waals surface area (Å²) in [6.07, 6.45) is 30.4. The summed E-state index contributed by atoms with van der Waals surface area (Å²) in [4.78, 5) is 13.4. The third kappa shape index (κ3) is 31.2. The molecule has 3 aliphatic heterocycles. The smallest absolute Gasteiger partial charge is 0.220 e. The molecule has 0 saturated carbocycles. The van der Waals surface area contributed by atoms with Gasteiger partial charge in [-0.15, -0.1) is 0 Å². The van der Waals surface area contributed by atoms with E-state index in [0.717, 1.165) is 89.9 Å². The number of aliphatic hydroxyl groups is 11. The minimum Gasteiger partial charge on any atom is -0.394 e. The highest BCUT2D eigenvalue weighted by Gasteiger charge is 2.53. The molecule has 0 aliphatic carbocycles. The molecule has 3 heterocycles. The number of rotatable bonds is 49. The Morgan fingerprint density at radius 3 is 1.27 bits per heavy atom. The lowest BCUT2D eigenvalue weighted by Gasteiger charge is -2.48. The summed E-state index contributed by atoms with van der Waals surface area (Å²) in [7, 11) is 0. The average molecular weight is 1210 g/mol. The van der Waals surface area contributed by atoms with Crippen molar-refractivity contribution in [2.24, 2.45) is 0 Å². The largest absolute Gasteiger partial charge is 0.394 e. The summed E-state index contributed by atoms with van der Waals surface area (Å²) in [5.74, 6) is -0.290. The number of nitrogens with one attached hydrogen (secondary N) is 1. The number of aliphatic hydroxyl groups excluding tert-OH is 11. The molecular weight excluding hydrogens is 1090 g/mol. The monoisotopic (exact) mass is 1210 g/mol. The van der Waals surface area contributed by atoms with Crippen LogP contribution in [-0.4, -0.2) is 193 Å². The van der Waals surface area contributed by atoms with E-state index in [-0.39, 0.29) is 18.9 Å². The molecular formula is C66H117NO18. The van der Waals surface area contributed by atoms with E-state index in [1.807, 2.05) is 6.08 Å². The molecule has 12 N–H and O–H groups in total. The number of ether oxygens (including phenoxy) is 6. The fourth-order valence-electron chi connectivity index (χ4n) is 10.9. The predicted molar refractivity (Wildman–Crippen MR) is 328 cm³/mol. The van der Waals surface area contributed by atoms with Gasteiger partial charge in [0.1, 0.15) is 73.2 Å². The topological polar surface area (TPSA) is 307 Å². The molecule has 0 aromatic rings. The lowest BCUT2D eigenvalue weighted by molar-refractivity contribution is -0.379. The van der Waals surface area contributed by atoms with E-state index in [0.29, 0.717) is 6.42 Å². The van der Waals surface area contributed by atoms with Gasteiger partial charge in [-0.1, -0.05) is 216 Å². The van der Waals surface area contributed by atoms with Gasteiger partial charge in [0.2, 0.25) is 5.91 Å². The quantitative estimate of drug-likeness (QED) is 0.0206. The van der Waals surface area contributed by atoms with Crippen molar-refractivity contribution in [3.05, 3.63) is 60.8 Å². The molecule has 0 bridgehead atoms. The molecule has 3 aliphatic rings. The van der Waals surface area contributed by atoms with E-state index in [2.05, 4.69) is 67.8 Å². The third-order valence-corrected chi connectivity index (χ3v) is 16.3. The lowest BCUT2D eigenvalue weighted by atomic mass is 9.96. The van der Waals surface area contributed by atoms with Crippen molar-refractivity contribution in [1.29, 1.82) is 0 Å². The number of allylic oxidation sites excluding steroid dienone is 9. The van der Waals surface area contributed by atoms with E-state index in [1.165, 1.54) is 103 Å². The predicted octanol–water partition coefficient (Wildman–Crippen LogP) is 7.60. The zero-order valence-corrected chi connectivity index (χ0v) is 51.8. The number of hydrogen-bond acceptors (Lipinski definition) is 18. The maximum absolute atomic E-state index is 13.4. The van der Waals surface area contributed by atoms with E-state index in [4.69, 9.17) is 28.4 Å². The minimum absolute atomic E-state index is 0.225. The molecule has 17 unspecified atom stereocenters. The third-order valence-electron chi connectivity index (χ3n) is 16.3. The van der Waals surface area contributed by atoms with Gasteiger partial charge in [-0.05, 0) is 57.8 Å². The second-order valence-corrected chi connectivity index (χ2v) is 23.6. The van der Waals surface area contributed by atoms with Gasteiger partial charge in [0.25, 0.3) is 0 Å². The molecule has 1 amide bonds. The normalized spacial score (nSPS) is 29.4. The second-order valence-electron chi connectivity index (χ2n) is 23.6. The molecule has 19 heteroatoms. The van der Waals surface area contributed by atoms with Crippen molar-refractivity contribution < 1.29 is 89.4 Å². The summed E-state index contributed by atoms with van der Waals surface area (Å²) in [5, 5.41) is 120. The number of carbonyl (C=O) groups is 1. The van der Waals surface area contributed by atoms with Crippen LogP contribution in [0.5, 0.6) is 0 Å².